The number of hydrogen-bond acceptors (Lipinski definition) is 4. The number of hydrogen-bond donors (Lipinski definition) is 0. The molecule has 11 aromatic carbocycles. The fraction of sp³-hybridized carbons (Fsp3) is 0.0556. The van der Waals surface area contributed by atoms with Gasteiger partial charge in [-0.25, -0.2) is 0 Å². The summed E-state index contributed by atoms with van der Waals surface area (Å²) >= 11 is 1.95. The van der Waals surface area contributed by atoms with Gasteiger partial charge in [-0.15, -0.1) is 11.3 Å². The first-order chi connectivity index (χ1) is 37.6. The molecule has 4 heteroatoms. The van der Waals surface area contributed by atoms with Crippen molar-refractivity contribution in [3.05, 3.63) is 306 Å². The molecule has 76 heavy (non-hydrogen) atoms. The lowest BCUT2D eigenvalue weighted by Crippen LogP contribution is -2.36. The Morgan fingerprint density at radius 3 is 1.51 bits per heavy atom. The summed E-state index contributed by atoms with van der Waals surface area (Å²) in [4.78, 5) is 8.72. The lowest BCUT2D eigenvalue weighted by molar-refractivity contribution is 0.752. The monoisotopic (exact) mass is 989 g/mol. The van der Waals surface area contributed by atoms with Crippen LogP contribution in [-0.4, -0.2) is 0 Å². The van der Waals surface area contributed by atoms with E-state index in [2.05, 4.69) is 295 Å². The highest BCUT2D eigenvalue weighted by molar-refractivity contribution is 7.22. The molecule has 12 aromatic rings. The Labute approximate surface area is 448 Å². The molecule has 0 N–H and O–H groups in total. The fourth-order valence-electron chi connectivity index (χ4n) is 13.1. The van der Waals surface area contributed by atoms with Crippen LogP contribution in [0.5, 0.6) is 0 Å². The van der Waals surface area contributed by atoms with Crippen LogP contribution in [0.15, 0.2) is 273 Å². The van der Waals surface area contributed by atoms with Crippen molar-refractivity contribution < 1.29 is 0 Å². The van der Waals surface area contributed by atoms with E-state index in [1.807, 2.05) is 11.3 Å². The normalized spacial score (nSPS) is 14.3. The molecule has 3 nitrogen and oxygen atoms in total. The molecule has 2 aliphatic carbocycles. The summed E-state index contributed by atoms with van der Waals surface area (Å²) in [5.41, 5.74) is 24.0. The minimum absolute atomic E-state index is 0.400. The molecule has 0 amide bonds. The highest BCUT2D eigenvalue weighted by Crippen LogP contribution is 2.64. The van der Waals surface area contributed by atoms with Gasteiger partial charge < -0.3 is 14.7 Å². The molecule has 0 fully saturated rings. The zero-order chi connectivity index (χ0) is 50.3. The summed E-state index contributed by atoms with van der Waals surface area (Å²) in [5, 5.41) is 1.35. The quantitative estimate of drug-likeness (QED) is 0.150. The standard InChI is InChI=1S/C72H51N3S/c1-48-44-62-70-61(49-38-40-54(41-39-49)73(50-22-6-2-7-23-50)51-24-8-3-9-25-51)45-56(47-69(70)76-71(62)60-33-15-14-30-57(48)60)74(52-26-10-4-11-27-52)55-42-43-68-66(46-55)72(63-34-18-16-31-58(63)59-32-17-19-35-64(59)72)65-36-20-21-37-67(65)75(68)53-28-12-5-13-29-53/h2-43,45-48H,44H2,1H3. The fourth-order valence-corrected chi connectivity index (χ4v) is 14.4. The molecular formula is C72H51N3S. The average molecular weight is 990 g/mol. The van der Waals surface area contributed by atoms with E-state index in [4.69, 9.17) is 0 Å². The third kappa shape index (κ3) is 6.74. The summed E-state index contributed by atoms with van der Waals surface area (Å²) in [6.07, 6.45) is 0.990. The Kier molecular flexibility index (Phi) is 10.3. The molecule has 1 atom stereocenters. The third-order valence-electron chi connectivity index (χ3n) is 16.3. The highest BCUT2D eigenvalue weighted by Gasteiger charge is 2.52. The predicted molar refractivity (Wildman–Crippen MR) is 320 cm³/mol. The maximum atomic E-state index is 2.52. The van der Waals surface area contributed by atoms with Crippen molar-refractivity contribution in [2.75, 3.05) is 14.7 Å². The van der Waals surface area contributed by atoms with Crippen LogP contribution in [0.25, 0.3) is 42.8 Å². The van der Waals surface area contributed by atoms with Gasteiger partial charge in [0.2, 0.25) is 0 Å². The van der Waals surface area contributed by atoms with Crippen LogP contribution >= 0.6 is 11.3 Å². The number of benzene rings is 11. The zero-order valence-electron chi connectivity index (χ0n) is 42.0. The van der Waals surface area contributed by atoms with E-state index in [1.54, 1.807) is 0 Å². The summed E-state index contributed by atoms with van der Waals surface area (Å²) in [6.45, 7) is 2.40. The minimum atomic E-state index is -0.593. The van der Waals surface area contributed by atoms with Crippen LogP contribution in [0.4, 0.5) is 51.2 Å². The van der Waals surface area contributed by atoms with E-state index in [0.717, 1.165) is 46.2 Å². The van der Waals surface area contributed by atoms with Crippen LogP contribution in [0.3, 0.4) is 0 Å². The van der Waals surface area contributed by atoms with E-state index < -0.39 is 5.41 Å². The van der Waals surface area contributed by atoms with E-state index >= 15 is 0 Å². The molecule has 0 bridgehead atoms. The van der Waals surface area contributed by atoms with Gasteiger partial charge in [-0.2, -0.15) is 0 Å². The molecule has 0 saturated heterocycles. The maximum Gasteiger partial charge on any atom is 0.0755 e. The molecule has 0 saturated carbocycles. The number of rotatable bonds is 8. The van der Waals surface area contributed by atoms with Crippen LogP contribution in [0.1, 0.15) is 46.2 Å². The van der Waals surface area contributed by atoms with Gasteiger partial charge in [-0.1, -0.05) is 183 Å². The SMILES string of the molecule is CC1Cc2c(sc3cc(N(c4ccccc4)c4ccc5c(c4)C4(c6ccccc6-c6ccccc64)c4ccccc4N5c4ccccc4)cc(-c4ccc(N(c5ccccc5)c5ccccc5)cc4)c23)-c2ccccc21. The molecule has 1 spiro atoms. The Morgan fingerprint density at radius 1 is 0.395 bits per heavy atom. The zero-order valence-corrected chi connectivity index (χ0v) is 42.8. The smallest absolute Gasteiger partial charge is 0.0755 e. The van der Waals surface area contributed by atoms with Gasteiger partial charge in [0.1, 0.15) is 0 Å². The second-order valence-electron chi connectivity index (χ2n) is 20.4. The van der Waals surface area contributed by atoms with Crippen molar-refractivity contribution in [2.24, 2.45) is 0 Å². The first-order valence-corrected chi connectivity index (χ1v) is 27.3. The van der Waals surface area contributed by atoms with E-state index in [9.17, 15) is 0 Å². The Bertz CT molecular complexity index is 4080. The molecule has 2 heterocycles. The van der Waals surface area contributed by atoms with E-state index in [-0.39, 0.29) is 0 Å². The van der Waals surface area contributed by atoms with Crippen molar-refractivity contribution in [1.82, 2.24) is 0 Å². The maximum absolute atomic E-state index is 2.52. The number of anilines is 9. The molecule has 15 rings (SSSR count). The van der Waals surface area contributed by atoms with Gasteiger partial charge in [-0.05, 0) is 171 Å². The van der Waals surface area contributed by atoms with Crippen LogP contribution in [0, 0.1) is 0 Å². The van der Waals surface area contributed by atoms with Crippen LogP contribution in [-0.2, 0) is 11.8 Å². The Hall–Kier alpha value is -9.22. The van der Waals surface area contributed by atoms with Gasteiger partial charge in [0, 0.05) is 54.8 Å². The lowest BCUT2D eigenvalue weighted by Gasteiger charge is -2.45. The molecular weight excluding hydrogens is 939 g/mol. The molecule has 3 aliphatic rings. The van der Waals surface area contributed by atoms with Crippen molar-refractivity contribution in [3.8, 4) is 32.7 Å². The van der Waals surface area contributed by atoms with Gasteiger partial charge in [0.05, 0.1) is 16.8 Å². The number of fused-ring (bicyclic) bond motifs is 14. The lowest BCUT2D eigenvalue weighted by atomic mass is 9.64. The average Bonchev–Trinajstić information content (AvgIpc) is 4.22. The van der Waals surface area contributed by atoms with Crippen LogP contribution < -0.4 is 14.7 Å². The largest absolute Gasteiger partial charge is 0.311 e. The van der Waals surface area contributed by atoms with Crippen molar-refractivity contribution in [1.29, 1.82) is 0 Å². The van der Waals surface area contributed by atoms with E-state index in [1.165, 1.54) is 87.5 Å². The van der Waals surface area contributed by atoms with Gasteiger partial charge in [0.25, 0.3) is 0 Å². The minimum Gasteiger partial charge on any atom is -0.311 e. The number of thiophene rings is 1. The second kappa shape index (κ2) is 17.7. The summed E-state index contributed by atoms with van der Waals surface area (Å²) in [5.74, 6) is 0.400. The van der Waals surface area contributed by atoms with Crippen molar-refractivity contribution in [2.45, 2.75) is 24.7 Å². The molecule has 1 aliphatic heterocycles. The summed E-state index contributed by atoms with van der Waals surface area (Å²) in [7, 11) is 0. The number of nitrogens with zero attached hydrogens (tertiary/aromatic N) is 3. The van der Waals surface area contributed by atoms with Crippen LogP contribution in [0.2, 0.25) is 0 Å². The highest BCUT2D eigenvalue weighted by atomic mass is 32.1. The summed E-state index contributed by atoms with van der Waals surface area (Å²) in [6, 6.07) is 101. The first kappa shape index (κ1) is 44.3. The molecule has 1 aromatic heterocycles. The Balaban J connectivity index is 0.980. The van der Waals surface area contributed by atoms with Gasteiger partial charge >= 0.3 is 0 Å². The molecule has 360 valence electrons. The summed E-state index contributed by atoms with van der Waals surface area (Å²) < 4.78 is 1.29. The third-order valence-corrected chi connectivity index (χ3v) is 17.5. The predicted octanol–water partition coefficient (Wildman–Crippen LogP) is 20.0. The van der Waals surface area contributed by atoms with Crippen molar-refractivity contribution >= 4 is 72.6 Å². The topological polar surface area (TPSA) is 9.72 Å². The molecule has 0 radical (unpaired) electrons. The second-order valence-corrected chi connectivity index (χ2v) is 21.5. The van der Waals surface area contributed by atoms with Crippen molar-refractivity contribution in [3.63, 3.8) is 0 Å². The van der Waals surface area contributed by atoms with Gasteiger partial charge in [0.15, 0.2) is 0 Å². The van der Waals surface area contributed by atoms with Gasteiger partial charge in [-0.3, -0.25) is 0 Å². The first-order valence-electron chi connectivity index (χ1n) is 26.5. The Morgan fingerprint density at radius 2 is 0.882 bits per heavy atom. The number of para-hydroxylation sites is 5. The van der Waals surface area contributed by atoms with E-state index in [0.29, 0.717) is 5.92 Å². The molecule has 1 unspecified atom stereocenters.